The molecule has 3 aromatic carbocycles. The summed E-state index contributed by atoms with van der Waals surface area (Å²) in [6, 6.07) is 21.2. The van der Waals surface area contributed by atoms with Crippen molar-refractivity contribution >= 4 is 23.4 Å². The third-order valence-corrected chi connectivity index (χ3v) is 11.9. The van der Waals surface area contributed by atoms with Crippen molar-refractivity contribution in [1.29, 1.82) is 0 Å². The van der Waals surface area contributed by atoms with Crippen LogP contribution < -0.4 is 16.0 Å². The Morgan fingerprint density at radius 1 is 0.746 bits per heavy atom. The van der Waals surface area contributed by atoms with Crippen LogP contribution in [0.5, 0.6) is 0 Å². The first-order valence-electron chi connectivity index (χ1n) is 21.0. The van der Waals surface area contributed by atoms with Gasteiger partial charge in [-0.3, -0.25) is 24.0 Å². The molecule has 0 aliphatic heterocycles. The van der Waals surface area contributed by atoms with Crippen LogP contribution in [-0.2, 0) is 22.7 Å². The number of nitrogens with zero attached hydrogens (tertiary/aromatic N) is 3. The molecule has 0 radical (unpaired) electrons. The fourth-order valence-corrected chi connectivity index (χ4v) is 9.12. The third kappa shape index (κ3) is 11.4. The highest BCUT2D eigenvalue weighted by Gasteiger charge is 2.42. The van der Waals surface area contributed by atoms with Gasteiger partial charge in [0.15, 0.2) is 0 Å². The lowest BCUT2D eigenvalue weighted by Gasteiger charge is -2.42. The molecule has 1 heterocycles. The number of carbonyl (C=O) groups excluding carboxylic acids is 3. The fourth-order valence-electron chi connectivity index (χ4n) is 9.12. The number of nitrogens with one attached hydrogen (secondary N) is 3. The van der Waals surface area contributed by atoms with Crippen molar-refractivity contribution in [3.8, 4) is 0 Å². The summed E-state index contributed by atoms with van der Waals surface area (Å²) in [5, 5.41) is 12.0. The fraction of sp³-hybridized carbons (Fsp3) is 0.478. The summed E-state index contributed by atoms with van der Waals surface area (Å²) in [4.78, 5) is 44.1. The molecule has 0 spiro atoms. The summed E-state index contributed by atoms with van der Waals surface area (Å²) in [6.45, 7) is 4.11. The minimum absolute atomic E-state index is 0.0698. The number of halogens is 4. The van der Waals surface area contributed by atoms with Gasteiger partial charge in [-0.2, -0.15) is 5.10 Å². The van der Waals surface area contributed by atoms with Gasteiger partial charge in [0.05, 0.1) is 5.69 Å². The zero-order valence-corrected chi connectivity index (χ0v) is 33.8. The maximum Gasteiger partial charge on any atom is 0.287 e. The van der Waals surface area contributed by atoms with Crippen molar-refractivity contribution in [2.24, 2.45) is 17.8 Å². The van der Waals surface area contributed by atoms with Crippen LogP contribution in [0.4, 0.5) is 23.2 Å². The first-order valence-corrected chi connectivity index (χ1v) is 21.0. The molecule has 316 valence electrons. The summed E-state index contributed by atoms with van der Waals surface area (Å²) in [5.41, 5.74) is 1.78. The van der Waals surface area contributed by atoms with Gasteiger partial charge >= 0.3 is 0 Å². The molecule has 3 amide bonds. The number of rotatable bonds is 17. The van der Waals surface area contributed by atoms with Gasteiger partial charge in [-0.25, -0.2) is 17.6 Å². The molecule has 4 aromatic rings. The van der Waals surface area contributed by atoms with Gasteiger partial charge in [0.1, 0.15) is 23.6 Å². The van der Waals surface area contributed by atoms with Crippen LogP contribution in [0.2, 0.25) is 0 Å². The quantitative estimate of drug-likeness (QED) is 0.0727. The molecule has 13 heteroatoms. The van der Waals surface area contributed by atoms with Crippen LogP contribution in [-0.4, -0.2) is 51.2 Å². The smallest absolute Gasteiger partial charge is 0.287 e. The Hall–Kier alpha value is -5.04. The van der Waals surface area contributed by atoms with Crippen molar-refractivity contribution in [3.63, 3.8) is 0 Å². The van der Waals surface area contributed by atoms with E-state index in [1.54, 1.807) is 27.2 Å². The van der Waals surface area contributed by atoms with E-state index in [9.17, 15) is 27.6 Å². The van der Waals surface area contributed by atoms with Crippen LogP contribution in [0.1, 0.15) is 117 Å². The molecule has 3 N–H and O–H groups in total. The van der Waals surface area contributed by atoms with E-state index >= 15 is 4.39 Å². The Kier molecular flexibility index (Phi) is 15.3. The highest BCUT2D eigenvalue weighted by atomic mass is 19.3. The zero-order chi connectivity index (χ0) is 41.9. The zero-order valence-electron chi connectivity index (χ0n) is 33.8. The average Bonchev–Trinajstić information content (AvgIpc) is 3.74. The van der Waals surface area contributed by atoms with Gasteiger partial charge in [0, 0.05) is 25.3 Å². The summed E-state index contributed by atoms with van der Waals surface area (Å²) in [7, 11) is 0. The van der Waals surface area contributed by atoms with Gasteiger partial charge in [-0.15, -0.1) is 0 Å². The van der Waals surface area contributed by atoms with E-state index in [-0.39, 0.29) is 48.1 Å². The van der Waals surface area contributed by atoms with Crippen LogP contribution >= 0.6 is 0 Å². The Bertz CT molecular complexity index is 1910. The molecule has 6 rings (SSSR count). The van der Waals surface area contributed by atoms with Crippen LogP contribution in [0.25, 0.3) is 0 Å². The van der Waals surface area contributed by atoms with E-state index < -0.39 is 48.3 Å². The minimum atomic E-state index is -3.48. The Morgan fingerprint density at radius 2 is 1.31 bits per heavy atom. The SMILES string of the molecule is CC(C)n1nccc1C(=O)N[C@H](C(=O)Nc1ccc(C(C(=O)NC(F)C(F)F)N(Cc2ccccc2)Cc2ccccc2)cc1F)C(C1CCCCC1)C1CCCCC1. The van der Waals surface area contributed by atoms with Crippen molar-refractivity contribution in [2.75, 3.05) is 5.32 Å². The highest BCUT2D eigenvalue weighted by Crippen LogP contribution is 2.42. The molecule has 59 heavy (non-hydrogen) atoms. The topological polar surface area (TPSA) is 108 Å². The van der Waals surface area contributed by atoms with Gasteiger partial charge < -0.3 is 16.0 Å². The summed E-state index contributed by atoms with van der Waals surface area (Å²) in [6.07, 6.45) is 5.24. The molecule has 2 unspecified atom stereocenters. The second kappa shape index (κ2) is 20.8. The van der Waals surface area contributed by atoms with Crippen molar-refractivity contribution in [1.82, 2.24) is 25.3 Å². The molecule has 2 saturated carbocycles. The first-order chi connectivity index (χ1) is 28.5. The largest absolute Gasteiger partial charge is 0.339 e. The average molecular weight is 817 g/mol. The number of hydrogen-bond donors (Lipinski definition) is 3. The van der Waals surface area contributed by atoms with E-state index in [1.807, 2.05) is 74.5 Å². The van der Waals surface area contributed by atoms with E-state index in [0.29, 0.717) is 5.69 Å². The van der Waals surface area contributed by atoms with Crippen molar-refractivity contribution in [2.45, 2.75) is 122 Å². The number of anilines is 1. The number of alkyl halides is 3. The first kappa shape index (κ1) is 43.5. The van der Waals surface area contributed by atoms with Crippen LogP contribution in [0.15, 0.2) is 91.1 Å². The predicted octanol–water partition coefficient (Wildman–Crippen LogP) is 9.54. The predicted molar refractivity (Wildman–Crippen MR) is 219 cm³/mol. The second-order valence-electron chi connectivity index (χ2n) is 16.3. The molecular formula is C46H56F4N6O3. The summed E-state index contributed by atoms with van der Waals surface area (Å²) < 4.78 is 59.4. The molecular weight excluding hydrogens is 761 g/mol. The molecule has 1 aromatic heterocycles. The molecule has 3 atom stereocenters. The number of benzene rings is 3. The number of amides is 3. The molecule has 0 saturated heterocycles. The molecule has 9 nitrogen and oxygen atoms in total. The maximum absolute atomic E-state index is 16.5. The lowest BCUT2D eigenvalue weighted by molar-refractivity contribution is -0.131. The summed E-state index contributed by atoms with van der Waals surface area (Å²) in [5.74, 6) is -2.75. The Balaban J connectivity index is 1.34. The highest BCUT2D eigenvalue weighted by molar-refractivity contribution is 6.01. The maximum atomic E-state index is 16.5. The Morgan fingerprint density at radius 3 is 1.81 bits per heavy atom. The minimum Gasteiger partial charge on any atom is -0.339 e. The van der Waals surface area contributed by atoms with E-state index in [4.69, 9.17) is 0 Å². The van der Waals surface area contributed by atoms with Gasteiger partial charge in [-0.1, -0.05) is 131 Å². The number of aromatic nitrogens is 2. The lowest BCUT2D eigenvalue weighted by atomic mass is 9.66. The summed E-state index contributed by atoms with van der Waals surface area (Å²) >= 11 is 0. The second-order valence-corrected chi connectivity index (χ2v) is 16.3. The van der Waals surface area contributed by atoms with Crippen molar-refractivity contribution in [3.05, 3.63) is 119 Å². The lowest BCUT2D eigenvalue weighted by Crippen LogP contribution is -2.53. The van der Waals surface area contributed by atoms with Crippen LogP contribution in [0, 0.1) is 23.6 Å². The van der Waals surface area contributed by atoms with Crippen molar-refractivity contribution < 1.29 is 31.9 Å². The van der Waals surface area contributed by atoms with E-state index in [0.717, 1.165) is 81.4 Å². The Labute approximate surface area is 344 Å². The normalized spacial score (nSPS) is 16.9. The molecule has 2 fully saturated rings. The van der Waals surface area contributed by atoms with Gasteiger partial charge in [0.2, 0.25) is 18.1 Å². The molecule has 2 aliphatic rings. The molecule has 2 aliphatic carbocycles. The van der Waals surface area contributed by atoms with Gasteiger partial charge in [-0.05, 0) is 66.5 Å². The number of carbonyl (C=O) groups is 3. The van der Waals surface area contributed by atoms with E-state index in [1.165, 1.54) is 12.1 Å². The third-order valence-electron chi connectivity index (χ3n) is 11.9. The van der Waals surface area contributed by atoms with Crippen LogP contribution in [0.3, 0.4) is 0 Å². The monoisotopic (exact) mass is 816 g/mol. The number of hydrogen-bond acceptors (Lipinski definition) is 5. The van der Waals surface area contributed by atoms with Gasteiger partial charge in [0.25, 0.3) is 12.3 Å². The standard InChI is InChI=1S/C46H56F4N6O3/c1-30(2)56-38(25-26-51-56)44(57)53-40(39(33-19-11-5-12-20-33)34-21-13-6-14-22-34)45(58)52-37-24-23-35(27-36(37)47)41(46(59)54-43(50)42(48)49)55(28-31-15-7-3-8-16-31)29-32-17-9-4-10-18-32/h3-4,7-10,15-18,23-27,30,33-34,39-43H,5-6,11-14,19-22,28-29H2,1-2H3,(H,52,58)(H,53,57)(H,54,59)/t40-,41?,43?/m0/s1. The van der Waals surface area contributed by atoms with E-state index in [2.05, 4.69) is 15.7 Å². The molecule has 0 bridgehead atoms.